The van der Waals surface area contributed by atoms with Crippen LogP contribution in [-0.2, 0) is 4.84 Å². The van der Waals surface area contributed by atoms with Crippen molar-refractivity contribution in [1.82, 2.24) is 4.98 Å². The number of nitrogens with one attached hydrogen (secondary N) is 1. The molecule has 1 N–H and O–H groups in total. The minimum Gasteiger partial charge on any atom is -0.276 e. The highest BCUT2D eigenvalue weighted by atomic mass is 35.5. The molecule has 0 unspecified atom stereocenters. The van der Waals surface area contributed by atoms with Crippen molar-refractivity contribution >= 4 is 39.0 Å². The van der Waals surface area contributed by atoms with Gasteiger partial charge < -0.3 is 0 Å². The van der Waals surface area contributed by atoms with E-state index in [1.165, 1.54) is 0 Å². The minimum absolute atomic E-state index is 0.275. The summed E-state index contributed by atoms with van der Waals surface area (Å²) in [4.78, 5) is 21.8. The van der Waals surface area contributed by atoms with Gasteiger partial charge in [-0.25, -0.2) is 4.98 Å². The average molecular weight is 301 g/mol. The zero-order chi connectivity index (χ0) is 14.8. The van der Waals surface area contributed by atoms with Gasteiger partial charge in [-0.15, -0.1) is 0 Å². The highest BCUT2D eigenvalue weighted by molar-refractivity contribution is 6.31. The van der Waals surface area contributed by atoms with Crippen LogP contribution in [0, 0.1) is 0 Å². The molecule has 0 spiro atoms. The van der Waals surface area contributed by atoms with E-state index in [1.54, 1.807) is 24.3 Å². The zero-order valence-electron chi connectivity index (χ0n) is 11.4. The van der Waals surface area contributed by atoms with E-state index in [9.17, 15) is 4.79 Å². The van der Waals surface area contributed by atoms with E-state index in [2.05, 4.69) is 10.5 Å². The fourth-order valence-electron chi connectivity index (χ4n) is 2.26. The molecule has 0 radical (unpaired) electrons. The second kappa shape index (κ2) is 5.68. The molecule has 3 aromatic rings. The normalized spacial score (nSPS) is 11.0. The molecule has 106 valence electrons. The maximum atomic E-state index is 12.3. The van der Waals surface area contributed by atoms with Crippen LogP contribution in [0.4, 0.5) is 5.69 Å². The lowest BCUT2D eigenvalue weighted by atomic mass is 10.1. The second-order valence-electron chi connectivity index (χ2n) is 4.53. The van der Waals surface area contributed by atoms with Crippen LogP contribution in [0.25, 0.3) is 21.7 Å². The number of nitrogens with zero attached hydrogens (tertiary/aromatic N) is 1. The molecule has 3 rings (SSSR count). The number of rotatable bonds is 3. The van der Waals surface area contributed by atoms with Crippen molar-refractivity contribution in [2.24, 2.45) is 0 Å². The maximum absolute atomic E-state index is 12.3. The number of benzene rings is 2. The Morgan fingerprint density at radius 3 is 2.67 bits per heavy atom. The number of hydrogen-bond acceptors (Lipinski definition) is 4. The summed E-state index contributed by atoms with van der Waals surface area (Å²) in [6, 6.07) is 12.5. The Morgan fingerprint density at radius 2 is 1.90 bits per heavy atom. The van der Waals surface area contributed by atoms with Gasteiger partial charge in [0.25, 0.3) is 5.56 Å². The smallest absolute Gasteiger partial charge is 0.276 e. The van der Waals surface area contributed by atoms with Crippen LogP contribution in [0.15, 0.2) is 47.3 Å². The van der Waals surface area contributed by atoms with E-state index in [0.29, 0.717) is 28.2 Å². The molecule has 1 heterocycles. The van der Waals surface area contributed by atoms with Gasteiger partial charge in [0.15, 0.2) is 0 Å². The summed E-state index contributed by atoms with van der Waals surface area (Å²) >= 11 is 6.08. The molecule has 0 fully saturated rings. The highest BCUT2D eigenvalue weighted by Crippen LogP contribution is 2.29. The lowest BCUT2D eigenvalue weighted by Gasteiger charge is -2.08. The van der Waals surface area contributed by atoms with Crippen molar-refractivity contribution in [3.8, 4) is 0 Å². The minimum atomic E-state index is -0.275. The third-order valence-electron chi connectivity index (χ3n) is 3.20. The zero-order valence-corrected chi connectivity index (χ0v) is 12.1. The molecule has 0 aliphatic heterocycles. The Bertz CT molecular complexity index is 881. The van der Waals surface area contributed by atoms with Crippen molar-refractivity contribution in [2.45, 2.75) is 6.92 Å². The molecule has 5 heteroatoms. The molecule has 2 aromatic carbocycles. The summed E-state index contributed by atoms with van der Waals surface area (Å²) in [5.41, 5.74) is 3.91. The van der Waals surface area contributed by atoms with E-state index in [-0.39, 0.29) is 5.56 Å². The predicted molar refractivity (Wildman–Crippen MR) is 85.8 cm³/mol. The monoisotopic (exact) mass is 300 g/mol. The van der Waals surface area contributed by atoms with Gasteiger partial charge in [-0.05, 0) is 31.2 Å². The molecular weight excluding hydrogens is 288 g/mol. The first-order valence-corrected chi connectivity index (χ1v) is 6.98. The Morgan fingerprint density at radius 1 is 1.14 bits per heavy atom. The van der Waals surface area contributed by atoms with Gasteiger partial charge in [-0.2, -0.15) is 0 Å². The highest BCUT2D eigenvalue weighted by Gasteiger charge is 2.09. The van der Waals surface area contributed by atoms with Crippen molar-refractivity contribution in [3.63, 3.8) is 0 Å². The number of hydrogen-bond donors (Lipinski definition) is 1. The Kier molecular flexibility index (Phi) is 3.73. The first kappa shape index (κ1) is 13.8. The number of halogens is 1. The van der Waals surface area contributed by atoms with E-state index in [0.717, 1.165) is 10.8 Å². The summed E-state index contributed by atoms with van der Waals surface area (Å²) in [6.45, 7) is 2.37. The lowest BCUT2D eigenvalue weighted by Crippen LogP contribution is -2.02. The van der Waals surface area contributed by atoms with E-state index < -0.39 is 0 Å². The van der Waals surface area contributed by atoms with Crippen molar-refractivity contribution in [1.29, 1.82) is 0 Å². The SMILES string of the molecule is CCONc1c2cc(Cl)ccc2nc(=O)c2ccccc12. The van der Waals surface area contributed by atoms with Crippen LogP contribution < -0.4 is 11.0 Å². The number of anilines is 1. The summed E-state index contributed by atoms with van der Waals surface area (Å²) < 4.78 is 0. The van der Waals surface area contributed by atoms with Gasteiger partial charge in [-0.1, -0.05) is 29.8 Å². The van der Waals surface area contributed by atoms with E-state index >= 15 is 0 Å². The lowest BCUT2D eigenvalue weighted by molar-refractivity contribution is 0.211. The van der Waals surface area contributed by atoms with Crippen LogP contribution >= 0.6 is 11.6 Å². The van der Waals surface area contributed by atoms with Crippen LogP contribution in [0.3, 0.4) is 0 Å². The van der Waals surface area contributed by atoms with Crippen LogP contribution in [0.5, 0.6) is 0 Å². The Balaban J connectivity index is 2.52. The summed E-state index contributed by atoms with van der Waals surface area (Å²) in [5, 5.41) is 2.61. The molecule has 4 nitrogen and oxygen atoms in total. The molecule has 0 aliphatic rings. The van der Waals surface area contributed by atoms with Crippen molar-refractivity contribution < 1.29 is 4.84 Å². The standard InChI is InChI=1S/C16H13ClN2O2/c1-2-21-19-15-11-5-3-4-6-12(11)16(20)18-14-8-7-10(17)9-13(14)15/h3-9,19H,2H2,1H3. The topological polar surface area (TPSA) is 51.2 Å². The largest absolute Gasteiger partial charge is 0.278 e. The van der Waals surface area contributed by atoms with Gasteiger partial charge in [0.05, 0.1) is 23.2 Å². The molecular formula is C16H13ClN2O2. The molecule has 0 bridgehead atoms. The third kappa shape index (κ3) is 2.55. The fraction of sp³-hybridized carbons (Fsp3) is 0.125. The van der Waals surface area contributed by atoms with Gasteiger partial charge in [0.2, 0.25) is 0 Å². The molecule has 0 atom stereocenters. The molecule has 21 heavy (non-hydrogen) atoms. The van der Waals surface area contributed by atoms with E-state index in [4.69, 9.17) is 16.4 Å². The third-order valence-corrected chi connectivity index (χ3v) is 3.43. The van der Waals surface area contributed by atoms with Gasteiger partial charge >= 0.3 is 0 Å². The van der Waals surface area contributed by atoms with Gasteiger partial charge in [-0.3, -0.25) is 15.1 Å². The fourth-order valence-corrected chi connectivity index (χ4v) is 2.43. The average Bonchev–Trinajstić information content (AvgIpc) is 2.61. The van der Waals surface area contributed by atoms with Crippen molar-refractivity contribution in [2.75, 3.05) is 12.1 Å². The molecule has 0 aliphatic carbocycles. The Labute approximate surface area is 126 Å². The van der Waals surface area contributed by atoms with E-state index in [1.807, 2.05) is 25.1 Å². The molecule has 0 saturated carbocycles. The second-order valence-corrected chi connectivity index (χ2v) is 4.97. The maximum Gasteiger partial charge on any atom is 0.278 e. The van der Waals surface area contributed by atoms with Crippen molar-refractivity contribution in [3.05, 3.63) is 57.8 Å². The predicted octanol–water partition coefficient (Wildman–Crippen LogP) is 3.77. The summed E-state index contributed by atoms with van der Waals surface area (Å²) in [7, 11) is 0. The molecule has 0 saturated heterocycles. The summed E-state index contributed by atoms with van der Waals surface area (Å²) in [6.07, 6.45) is 0. The Hall–Kier alpha value is -2.17. The van der Waals surface area contributed by atoms with Gasteiger partial charge in [0.1, 0.15) is 0 Å². The number of aromatic nitrogens is 1. The van der Waals surface area contributed by atoms with Crippen LogP contribution in [-0.4, -0.2) is 11.6 Å². The quantitative estimate of drug-likeness (QED) is 0.748. The van der Waals surface area contributed by atoms with Crippen LogP contribution in [0.2, 0.25) is 5.02 Å². The molecule has 1 aromatic heterocycles. The number of fused-ring (bicyclic) bond motifs is 2. The first-order chi connectivity index (χ1) is 10.2. The van der Waals surface area contributed by atoms with Gasteiger partial charge in [0, 0.05) is 15.8 Å². The summed E-state index contributed by atoms with van der Waals surface area (Å²) in [5.74, 6) is 0. The van der Waals surface area contributed by atoms with Crippen LogP contribution in [0.1, 0.15) is 6.92 Å². The molecule has 0 amide bonds. The first-order valence-electron chi connectivity index (χ1n) is 6.61.